The normalized spacial score (nSPS) is 12.2. The zero-order chi connectivity index (χ0) is 17.6. The molecule has 0 aliphatic rings. The molecule has 0 aliphatic carbocycles. The summed E-state index contributed by atoms with van der Waals surface area (Å²) in [6.45, 7) is 2.77. The molecule has 1 unspecified atom stereocenters. The third-order valence-corrected chi connectivity index (χ3v) is 4.33. The van der Waals surface area contributed by atoms with E-state index in [0.717, 1.165) is 17.5 Å². The third kappa shape index (κ3) is 4.45. The number of rotatable bonds is 7. The lowest BCUT2D eigenvalue weighted by Crippen LogP contribution is -2.36. The average Bonchev–Trinajstić information content (AvgIpc) is 3.04. The number of carbonyl (C=O) groups is 1. The Morgan fingerprint density at radius 3 is 2.72 bits per heavy atom. The number of aromatic nitrogens is 1. The number of benzene rings is 2. The van der Waals surface area contributed by atoms with Gasteiger partial charge < -0.3 is 15.6 Å². The molecule has 1 atom stereocenters. The summed E-state index contributed by atoms with van der Waals surface area (Å²) in [6, 6.07) is 14.4. The van der Waals surface area contributed by atoms with Gasteiger partial charge in [-0.15, -0.1) is 0 Å². The second-order valence-electron chi connectivity index (χ2n) is 6.11. The first-order chi connectivity index (χ1) is 12.1. The van der Waals surface area contributed by atoms with Crippen LogP contribution in [0.15, 0.2) is 54.7 Å². The Bertz CT molecular complexity index is 842. The first kappa shape index (κ1) is 17.2. The van der Waals surface area contributed by atoms with Crippen LogP contribution in [0.5, 0.6) is 0 Å². The Balaban J connectivity index is 1.43. The monoisotopic (exact) mass is 339 g/mol. The topological polar surface area (TPSA) is 56.9 Å². The van der Waals surface area contributed by atoms with E-state index in [4.69, 9.17) is 0 Å². The Morgan fingerprint density at radius 1 is 1.16 bits per heavy atom. The molecule has 0 bridgehead atoms. The summed E-state index contributed by atoms with van der Waals surface area (Å²) in [5, 5.41) is 7.27. The number of aromatic amines is 1. The van der Waals surface area contributed by atoms with E-state index in [1.165, 1.54) is 23.1 Å². The number of fused-ring (bicyclic) bond motifs is 1. The van der Waals surface area contributed by atoms with Crippen LogP contribution in [-0.4, -0.2) is 24.0 Å². The number of H-pyrrole nitrogens is 1. The number of para-hydroxylation sites is 1. The first-order valence-electron chi connectivity index (χ1n) is 8.44. The first-order valence-corrected chi connectivity index (χ1v) is 8.44. The Morgan fingerprint density at radius 2 is 1.92 bits per heavy atom. The van der Waals surface area contributed by atoms with E-state index >= 15 is 0 Å². The van der Waals surface area contributed by atoms with Crippen molar-refractivity contribution in [2.24, 2.45) is 0 Å². The van der Waals surface area contributed by atoms with Gasteiger partial charge in [0.05, 0.1) is 6.54 Å². The molecular weight excluding hydrogens is 317 g/mol. The highest BCUT2D eigenvalue weighted by Crippen LogP contribution is 2.17. The van der Waals surface area contributed by atoms with Crippen molar-refractivity contribution < 1.29 is 9.18 Å². The molecule has 0 saturated heterocycles. The molecule has 25 heavy (non-hydrogen) atoms. The van der Waals surface area contributed by atoms with Crippen molar-refractivity contribution in [2.45, 2.75) is 19.4 Å². The smallest absolute Gasteiger partial charge is 0.233 e. The zero-order valence-corrected chi connectivity index (χ0v) is 14.2. The number of hydrogen-bond donors (Lipinski definition) is 3. The van der Waals surface area contributed by atoms with E-state index in [-0.39, 0.29) is 24.3 Å². The van der Waals surface area contributed by atoms with Crippen LogP contribution in [0.1, 0.15) is 24.1 Å². The standard InChI is InChI=1S/C20H22FN3O/c1-14(15-6-8-17(21)9-7-15)23-13-20(25)22-11-10-16-12-24-19-5-3-2-4-18(16)19/h2-9,12,14,23-24H,10-11,13H2,1H3,(H,22,25). The van der Waals surface area contributed by atoms with E-state index < -0.39 is 0 Å². The van der Waals surface area contributed by atoms with Crippen LogP contribution in [0.4, 0.5) is 4.39 Å². The summed E-state index contributed by atoms with van der Waals surface area (Å²) in [7, 11) is 0. The maximum atomic E-state index is 12.9. The third-order valence-electron chi connectivity index (χ3n) is 4.33. The van der Waals surface area contributed by atoms with E-state index in [9.17, 15) is 9.18 Å². The van der Waals surface area contributed by atoms with Crippen LogP contribution < -0.4 is 10.6 Å². The van der Waals surface area contributed by atoms with Crippen LogP contribution >= 0.6 is 0 Å². The molecule has 1 amide bonds. The fourth-order valence-corrected chi connectivity index (χ4v) is 2.85. The quantitative estimate of drug-likeness (QED) is 0.618. The highest BCUT2D eigenvalue weighted by Gasteiger charge is 2.08. The highest BCUT2D eigenvalue weighted by atomic mass is 19.1. The summed E-state index contributed by atoms with van der Waals surface area (Å²) in [6.07, 6.45) is 2.77. The van der Waals surface area contributed by atoms with Gasteiger partial charge in [-0.05, 0) is 42.7 Å². The van der Waals surface area contributed by atoms with Crippen LogP contribution in [-0.2, 0) is 11.2 Å². The highest BCUT2D eigenvalue weighted by molar-refractivity contribution is 5.83. The fraction of sp³-hybridized carbons (Fsp3) is 0.250. The van der Waals surface area contributed by atoms with E-state index in [1.807, 2.05) is 31.3 Å². The number of nitrogens with one attached hydrogen (secondary N) is 3. The van der Waals surface area contributed by atoms with Crippen molar-refractivity contribution in [1.82, 2.24) is 15.6 Å². The fourth-order valence-electron chi connectivity index (χ4n) is 2.85. The van der Waals surface area contributed by atoms with Crippen molar-refractivity contribution >= 4 is 16.8 Å². The maximum Gasteiger partial charge on any atom is 0.233 e. The van der Waals surface area contributed by atoms with Crippen molar-refractivity contribution in [2.75, 3.05) is 13.1 Å². The molecular formula is C20H22FN3O. The largest absolute Gasteiger partial charge is 0.361 e. The number of amides is 1. The molecule has 2 aromatic carbocycles. The molecule has 0 saturated carbocycles. The lowest BCUT2D eigenvalue weighted by molar-refractivity contribution is -0.120. The van der Waals surface area contributed by atoms with Crippen LogP contribution in [0.3, 0.4) is 0 Å². The summed E-state index contributed by atoms with van der Waals surface area (Å²) in [4.78, 5) is 15.2. The summed E-state index contributed by atoms with van der Waals surface area (Å²) < 4.78 is 12.9. The second-order valence-corrected chi connectivity index (χ2v) is 6.11. The lowest BCUT2D eigenvalue weighted by Gasteiger charge is -2.14. The maximum absolute atomic E-state index is 12.9. The molecule has 0 fully saturated rings. The van der Waals surface area contributed by atoms with Crippen molar-refractivity contribution in [1.29, 1.82) is 0 Å². The number of hydrogen-bond acceptors (Lipinski definition) is 2. The Hall–Kier alpha value is -2.66. The van der Waals surface area contributed by atoms with Crippen molar-refractivity contribution in [3.05, 3.63) is 71.7 Å². The van der Waals surface area contributed by atoms with Gasteiger partial charge >= 0.3 is 0 Å². The van der Waals surface area contributed by atoms with Gasteiger partial charge in [-0.3, -0.25) is 4.79 Å². The van der Waals surface area contributed by atoms with Gasteiger partial charge in [-0.2, -0.15) is 0 Å². The number of carbonyl (C=O) groups excluding carboxylic acids is 1. The molecule has 5 heteroatoms. The summed E-state index contributed by atoms with van der Waals surface area (Å²) >= 11 is 0. The summed E-state index contributed by atoms with van der Waals surface area (Å²) in [5.74, 6) is -0.306. The van der Waals surface area contributed by atoms with Crippen LogP contribution in [0.25, 0.3) is 10.9 Å². The molecule has 4 nitrogen and oxygen atoms in total. The molecule has 130 valence electrons. The summed E-state index contributed by atoms with van der Waals surface area (Å²) in [5.41, 5.74) is 3.26. The van der Waals surface area contributed by atoms with Gasteiger partial charge in [-0.1, -0.05) is 30.3 Å². The van der Waals surface area contributed by atoms with Gasteiger partial charge in [-0.25, -0.2) is 4.39 Å². The van der Waals surface area contributed by atoms with Gasteiger partial charge in [0.15, 0.2) is 0 Å². The lowest BCUT2D eigenvalue weighted by atomic mass is 10.1. The molecule has 3 aromatic rings. The minimum Gasteiger partial charge on any atom is -0.361 e. The van der Waals surface area contributed by atoms with Crippen molar-refractivity contribution in [3.8, 4) is 0 Å². The van der Waals surface area contributed by atoms with Gasteiger partial charge in [0.2, 0.25) is 5.91 Å². The SMILES string of the molecule is CC(NCC(=O)NCCc1c[nH]c2ccccc12)c1ccc(F)cc1. The Kier molecular flexibility index (Phi) is 5.46. The van der Waals surface area contributed by atoms with Gasteiger partial charge in [0.1, 0.15) is 5.82 Å². The number of halogens is 1. The predicted octanol–water partition coefficient (Wildman–Crippen LogP) is 3.32. The molecule has 0 aliphatic heterocycles. The molecule has 1 aromatic heterocycles. The Labute approximate surface area is 146 Å². The average molecular weight is 339 g/mol. The van der Waals surface area contributed by atoms with Crippen molar-refractivity contribution in [3.63, 3.8) is 0 Å². The molecule has 1 heterocycles. The predicted molar refractivity (Wildman–Crippen MR) is 97.8 cm³/mol. The van der Waals surface area contributed by atoms with Crippen LogP contribution in [0, 0.1) is 5.82 Å². The zero-order valence-electron chi connectivity index (χ0n) is 14.2. The van der Waals surface area contributed by atoms with Crippen LogP contribution in [0.2, 0.25) is 0 Å². The molecule has 3 N–H and O–H groups in total. The molecule has 0 radical (unpaired) electrons. The van der Waals surface area contributed by atoms with E-state index in [0.29, 0.717) is 6.54 Å². The van der Waals surface area contributed by atoms with E-state index in [1.54, 1.807) is 12.1 Å². The molecule has 3 rings (SSSR count). The second kappa shape index (κ2) is 7.94. The van der Waals surface area contributed by atoms with Gasteiger partial charge in [0, 0.05) is 29.7 Å². The minimum atomic E-state index is -0.258. The van der Waals surface area contributed by atoms with Gasteiger partial charge in [0.25, 0.3) is 0 Å². The molecule has 0 spiro atoms. The minimum absolute atomic E-state index is 0.0139. The van der Waals surface area contributed by atoms with E-state index in [2.05, 4.69) is 21.7 Å².